The van der Waals surface area contributed by atoms with E-state index in [0.717, 1.165) is 6.54 Å². The highest BCUT2D eigenvalue weighted by atomic mass is 16.3. The molecule has 14 heavy (non-hydrogen) atoms. The predicted molar refractivity (Wildman–Crippen MR) is 59.2 cm³/mol. The molecule has 0 rings (SSSR count). The van der Waals surface area contributed by atoms with Gasteiger partial charge in [0, 0.05) is 13.1 Å². The van der Waals surface area contributed by atoms with Crippen molar-refractivity contribution >= 4 is 0 Å². The molecule has 0 saturated carbocycles. The van der Waals surface area contributed by atoms with E-state index in [9.17, 15) is 0 Å². The summed E-state index contributed by atoms with van der Waals surface area (Å²) in [7, 11) is 0. The van der Waals surface area contributed by atoms with Crippen molar-refractivity contribution in [3.8, 4) is 0 Å². The number of rotatable bonds is 5. The summed E-state index contributed by atoms with van der Waals surface area (Å²) in [4.78, 5) is 0. The Morgan fingerprint density at radius 1 is 1.14 bits per heavy atom. The van der Waals surface area contributed by atoms with Gasteiger partial charge in [-0.05, 0) is 10.8 Å². The van der Waals surface area contributed by atoms with Gasteiger partial charge in [0.05, 0.1) is 12.7 Å². The van der Waals surface area contributed by atoms with Crippen LogP contribution in [-0.4, -0.2) is 36.0 Å². The Bertz CT molecular complexity index is 161. The first kappa shape index (κ1) is 13.9. The fraction of sp³-hybridized carbons (Fsp3) is 1.00. The van der Waals surface area contributed by atoms with Gasteiger partial charge in [-0.25, -0.2) is 0 Å². The summed E-state index contributed by atoms with van der Waals surface area (Å²) in [5, 5.41) is 21.0. The molecule has 0 aromatic rings. The zero-order valence-corrected chi connectivity index (χ0v) is 10.1. The Labute approximate surface area is 87.5 Å². The van der Waals surface area contributed by atoms with Crippen LogP contribution < -0.4 is 5.32 Å². The van der Waals surface area contributed by atoms with Gasteiger partial charge in [-0.2, -0.15) is 0 Å². The van der Waals surface area contributed by atoms with Crippen molar-refractivity contribution in [3.05, 3.63) is 0 Å². The molecule has 0 radical (unpaired) electrons. The molecule has 0 aliphatic heterocycles. The topological polar surface area (TPSA) is 52.5 Å². The van der Waals surface area contributed by atoms with Crippen molar-refractivity contribution in [2.75, 3.05) is 19.7 Å². The minimum Gasteiger partial charge on any atom is -0.394 e. The maximum Gasteiger partial charge on any atom is 0.0894 e. The monoisotopic (exact) mass is 203 g/mol. The van der Waals surface area contributed by atoms with E-state index in [-0.39, 0.29) is 17.4 Å². The molecular weight excluding hydrogens is 178 g/mol. The molecule has 0 spiro atoms. The average molecular weight is 203 g/mol. The molecule has 1 atom stereocenters. The molecule has 0 aromatic carbocycles. The number of hydrogen-bond donors (Lipinski definition) is 3. The summed E-state index contributed by atoms with van der Waals surface area (Å²) in [5.74, 6) is 0. The zero-order valence-electron chi connectivity index (χ0n) is 10.1. The van der Waals surface area contributed by atoms with E-state index in [1.54, 1.807) is 0 Å². The van der Waals surface area contributed by atoms with Gasteiger partial charge in [0.25, 0.3) is 0 Å². The normalized spacial score (nSPS) is 15.6. The molecule has 0 saturated heterocycles. The van der Waals surface area contributed by atoms with E-state index in [1.807, 2.05) is 0 Å². The molecule has 0 aliphatic carbocycles. The lowest BCUT2D eigenvalue weighted by Crippen LogP contribution is -2.42. The second-order valence-electron chi connectivity index (χ2n) is 5.60. The lowest BCUT2D eigenvalue weighted by molar-refractivity contribution is 0.0815. The molecule has 0 bridgehead atoms. The zero-order chi connectivity index (χ0) is 11.4. The van der Waals surface area contributed by atoms with Crippen LogP contribution in [0.4, 0.5) is 0 Å². The lowest BCUT2D eigenvalue weighted by atomic mass is 9.69. The Morgan fingerprint density at radius 3 is 2.00 bits per heavy atom. The summed E-state index contributed by atoms with van der Waals surface area (Å²) >= 11 is 0. The maximum atomic E-state index is 9.15. The molecule has 1 unspecified atom stereocenters. The molecule has 3 heteroatoms. The van der Waals surface area contributed by atoms with E-state index in [4.69, 9.17) is 10.2 Å². The highest BCUT2D eigenvalue weighted by Gasteiger charge is 2.32. The third kappa shape index (κ3) is 4.40. The van der Waals surface area contributed by atoms with Crippen LogP contribution in [0, 0.1) is 10.8 Å². The first-order valence-electron chi connectivity index (χ1n) is 5.20. The Balaban J connectivity index is 3.89. The standard InChI is InChI=1S/C11H25NO2/c1-10(2,3)11(4,5)8-12-6-9(14)7-13/h9,12-14H,6-8H2,1-5H3. The van der Waals surface area contributed by atoms with Crippen LogP contribution >= 0.6 is 0 Å². The van der Waals surface area contributed by atoms with Crippen LogP contribution in [0.3, 0.4) is 0 Å². The number of nitrogens with one attached hydrogen (secondary N) is 1. The fourth-order valence-electron chi connectivity index (χ4n) is 0.881. The summed E-state index contributed by atoms with van der Waals surface area (Å²) in [6.45, 7) is 12.1. The van der Waals surface area contributed by atoms with Crippen LogP contribution in [0.25, 0.3) is 0 Å². The Morgan fingerprint density at radius 2 is 1.64 bits per heavy atom. The third-order valence-electron chi connectivity index (χ3n) is 3.19. The molecule has 3 N–H and O–H groups in total. The largest absolute Gasteiger partial charge is 0.394 e. The van der Waals surface area contributed by atoms with Gasteiger partial charge in [0.2, 0.25) is 0 Å². The van der Waals surface area contributed by atoms with Crippen LogP contribution in [-0.2, 0) is 0 Å². The number of aliphatic hydroxyl groups excluding tert-OH is 2. The van der Waals surface area contributed by atoms with E-state index < -0.39 is 6.10 Å². The average Bonchev–Trinajstić information content (AvgIpc) is 2.01. The van der Waals surface area contributed by atoms with Crippen LogP contribution in [0.2, 0.25) is 0 Å². The summed E-state index contributed by atoms with van der Waals surface area (Å²) in [6.07, 6.45) is -0.647. The second kappa shape index (κ2) is 5.10. The van der Waals surface area contributed by atoms with Gasteiger partial charge in [0.1, 0.15) is 0 Å². The lowest BCUT2D eigenvalue weighted by Gasteiger charge is -2.39. The molecule has 3 nitrogen and oxygen atoms in total. The van der Waals surface area contributed by atoms with Crippen LogP contribution in [0.1, 0.15) is 34.6 Å². The predicted octanol–water partition coefficient (Wildman–Crippen LogP) is 1.00. The van der Waals surface area contributed by atoms with Crippen molar-refractivity contribution in [3.63, 3.8) is 0 Å². The highest BCUT2D eigenvalue weighted by Crippen LogP contribution is 2.36. The van der Waals surface area contributed by atoms with Crippen molar-refractivity contribution < 1.29 is 10.2 Å². The minimum absolute atomic E-state index is 0.169. The van der Waals surface area contributed by atoms with Gasteiger partial charge in [0.15, 0.2) is 0 Å². The summed E-state index contributed by atoms with van der Waals surface area (Å²) in [6, 6.07) is 0. The maximum absolute atomic E-state index is 9.15. The van der Waals surface area contributed by atoms with Gasteiger partial charge >= 0.3 is 0 Å². The molecule has 86 valence electrons. The van der Waals surface area contributed by atoms with Gasteiger partial charge < -0.3 is 15.5 Å². The van der Waals surface area contributed by atoms with E-state index in [1.165, 1.54) is 0 Å². The molecular formula is C11H25NO2. The van der Waals surface area contributed by atoms with E-state index in [0.29, 0.717) is 6.54 Å². The van der Waals surface area contributed by atoms with Crippen molar-refractivity contribution in [1.82, 2.24) is 5.32 Å². The number of aliphatic hydroxyl groups is 2. The first-order valence-corrected chi connectivity index (χ1v) is 5.20. The van der Waals surface area contributed by atoms with Gasteiger partial charge in [-0.3, -0.25) is 0 Å². The van der Waals surface area contributed by atoms with Gasteiger partial charge in [-0.1, -0.05) is 34.6 Å². The summed E-state index contributed by atoms with van der Waals surface area (Å²) < 4.78 is 0. The van der Waals surface area contributed by atoms with E-state index >= 15 is 0 Å². The second-order valence-corrected chi connectivity index (χ2v) is 5.60. The van der Waals surface area contributed by atoms with Crippen molar-refractivity contribution in [2.24, 2.45) is 10.8 Å². The molecule has 0 heterocycles. The molecule has 0 aromatic heterocycles. The Kier molecular flexibility index (Phi) is 5.06. The van der Waals surface area contributed by atoms with Crippen molar-refractivity contribution in [2.45, 2.75) is 40.7 Å². The third-order valence-corrected chi connectivity index (χ3v) is 3.19. The van der Waals surface area contributed by atoms with Crippen LogP contribution in [0.15, 0.2) is 0 Å². The van der Waals surface area contributed by atoms with E-state index in [2.05, 4.69) is 39.9 Å². The quantitative estimate of drug-likeness (QED) is 0.625. The fourth-order valence-corrected chi connectivity index (χ4v) is 0.881. The smallest absolute Gasteiger partial charge is 0.0894 e. The van der Waals surface area contributed by atoms with Gasteiger partial charge in [-0.15, -0.1) is 0 Å². The first-order chi connectivity index (χ1) is 6.20. The summed E-state index contributed by atoms with van der Waals surface area (Å²) in [5.41, 5.74) is 0.395. The minimum atomic E-state index is -0.647. The molecule has 0 amide bonds. The molecule has 0 fully saturated rings. The Hall–Kier alpha value is -0.120. The van der Waals surface area contributed by atoms with Crippen LogP contribution in [0.5, 0.6) is 0 Å². The highest BCUT2D eigenvalue weighted by molar-refractivity contribution is 4.84. The van der Waals surface area contributed by atoms with Crippen molar-refractivity contribution in [1.29, 1.82) is 0 Å². The SMILES string of the molecule is CC(C)(C)C(C)(C)CNCC(O)CO. The number of hydrogen-bond acceptors (Lipinski definition) is 3. The molecule has 0 aliphatic rings.